The molecular weight excluding hydrogens is 408 g/mol. The number of halogens is 1. The number of rotatable bonds is 7. The third-order valence-corrected chi connectivity index (χ3v) is 5.90. The van der Waals surface area contributed by atoms with Crippen LogP contribution in [0.1, 0.15) is 41.2 Å². The van der Waals surface area contributed by atoms with Gasteiger partial charge < -0.3 is 5.32 Å². The van der Waals surface area contributed by atoms with Gasteiger partial charge >= 0.3 is 0 Å². The van der Waals surface area contributed by atoms with E-state index >= 15 is 0 Å². The third kappa shape index (κ3) is 5.38. The van der Waals surface area contributed by atoms with Gasteiger partial charge in [0.1, 0.15) is 0 Å². The summed E-state index contributed by atoms with van der Waals surface area (Å²) in [4.78, 5) is 12.2. The Morgan fingerprint density at radius 2 is 1.92 bits per heavy atom. The van der Waals surface area contributed by atoms with E-state index in [9.17, 15) is 13.2 Å². The van der Waals surface area contributed by atoms with Gasteiger partial charge in [-0.3, -0.25) is 9.89 Å². The molecule has 1 aromatic carbocycles. The molecule has 1 amide bonds. The molecule has 2 rings (SSSR count). The van der Waals surface area contributed by atoms with E-state index in [2.05, 4.69) is 36.2 Å². The Hall–Kier alpha value is -1.71. The zero-order valence-electron chi connectivity index (χ0n) is 14.3. The molecule has 0 aliphatic heterocycles. The van der Waals surface area contributed by atoms with Crippen molar-refractivity contribution in [1.82, 2.24) is 20.2 Å². The van der Waals surface area contributed by atoms with Gasteiger partial charge in [-0.15, -0.1) is 0 Å². The molecule has 0 atom stereocenters. The lowest BCUT2D eigenvalue weighted by Gasteiger charge is -2.13. The number of nitrogens with one attached hydrogen (secondary N) is 3. The second kappa shape index (κ2) is 8.11. The Balaban J connectivity index is 2.11. The summed E-state index contributed by atoms with van der Waals surface area (Å²) >= 11 is 3.31. The highest BCUT2D eigenvalue weighted by atomic mass is 79.9. The van der Waals surface area contributed by atoms with Gasteiger partial charge in [0.2, 0.25) is 10.0 Å². The highest BCUT2D eigenvalue weighted by Crippen LogP contribution is 2.18. The number of nitrogens with zero attached hydrogens (tertiary/aromatic N) is 1. The van der Waals surface area contributed by atoms with E-state index < -0.39 is 10.0 Å². The molecule has 0 spiro atoms. The van der Waals surface area contributed by atoms with E-state index in [4.69, 9.17) is 0 Å². The maximum atomic E-state index is 12.2. The van der Waals surface area contributed by atoms with Crippen LogP contribution in [0.15, 0.2) is 28.7 Å². The van der Waals surface area contributed by atoms with Gasteiger partial charge in [0.25, 0.3) is 5.91 Å². The van der Waals surface area contributed by atoms with Crippen molar-refractivity contribution in [3.05, 3.63) is 51.3 Å². The maximum absolute atomic E-state index is 12.2. The highest BCUT2D eigenvalue weighted by molar-refractivity contribution is 9.10. The minimum Gasteiger partial charge on any atom is -0.347 e. The van der Waals surface area contributed by atoms with Crippen LogP contribution in [-0.2, 0) is 22.3 Å². The van der Waals surface area contributed by atoms with E-state index in [1.165, 1.54) is 0 Å². The second-order valence-corrected chi connectivity index (χ2v) is 8.54. The molecule has 0 bridgehead atoms. The van der Waals surface area contributed by atoms with Crippen molar-refractivity contribution >= 4 is 31.9 Å². The van der Waals surface area contributed by atoms with E-state index in [1.54, 1.807) is 39.0 Å². The van der Waals surface area contributed by atoms with Gasteiger partial charge in [0, 0.05) is 18.3 Å². The number of aryl methyl sites for hydroxylation is 1. The summed E-state index contributed by atoms with van der Waals surface area (Å²) in [6.07, 6.45) is 0. The Bertz CT molecular complexity index is 862. The average molecular weight is 429 g/mol. The predicted molar refractivity (Wildman–Crippen MR) is 99.5 cm³/mol. The summed E-state index contributed by atoms with van der Waals surface area (Å²) in [6, 6.07) is 6.96. The normalized spacial score (nSPS) is 11.7. The number of hydrogen-bond donors (Lipinski definition) is 3. The lowest BCUT2D eigenvalue weighted by Crippen LogP contribution is -2.32. The van der Waals surface area contributed by atoms with Crippen molar-refractivity contribution in [1.29, 1.82) is 0 Å². The zero-order chi connectivity index (χ0) is 18.6. The average Bonchev–Trinajstić information content (AvgIpc) is 2.84. The topological polar surface area (TPSA) is 104 Å². The quantitative estimate of drug-likeness (QED) is 0.628. The number of H-pyrrole nitrogens is 1. The number of hydrogen-bond acceptors (Lipinski definition) is 4. The molecule has 1 heterocycles. The lowest BCUT2D eigenvalue weighted by molar-refractivity contribution is 0.0945. The third-order valence-electron chi connectivity index (χ3n) is 3.41. The zero-order valence-corrected chi connectivity index (χ0v) is 16.7. The van der Waals surface area contributed by atoms with Gasteiger partial charge in [0.05, 0.1) is 10.2 Å². The van der Waals surface area contributed by atoms with Gasteiger partial charge in [0.15, 0.2) is 5.69 Å². The van der Waals surface area contributed by atoms with Crippen LogP contribution in [0, 0.1) is 6.92 Å². The molecule has 0 aliphatic carbocycles. The van der Waals surface area contributed by atoms with Crippen molar-refractivity contribution in [3.63, 3.8) is 0 Å². The summed E-state index contributed by atoms with van der Waals surface area (Å²) < 4.78 is 27.5. The standard InChI is InChI=1S/C16H21BrN4O3S/c1-10(2)21-25(23,24)9-13-7-5-4-6-12(13)8-18-16(22)15-14(17)11(3)19-20-15/h4-7,10,21H,8-9H2,1-3H3,(H,18,22)(H,19,20). The molecule has 0 saturated heterocycles. The molecule has 25 heavy (non-hydrogen) atoms. The first kappa shape index (κ1) is 19.6. The van der Waals surface area contributed by atoms with Gasteiger partial charge in [-0.05, 0) is 47.8 Å². The molecule has 7 nitrogen and oxygen atoms in total. The number of sulfonamides is 1. The summed E-state index contributed by atoms with van der Waals surface area (Å²) in [5, 5.41) is 9.45. The fourth-order valence-corrected chi connectivity index (χ4v) is 4.15. The van der Waals surface area contributed by atoms with Crippen LogP contribution in [0.25, 0.3) is 0 Å². The van der Waals surface area contributed by atoms with Gasteiger partial charge in [-0.1, -0.05) is 24.3 Å². The Kier molecular flexibility index (Phi) is 6.36. The summed E-state index contributed by atoms with van der Waals surface area (Å²) in [5.74, 6) is -0.475. The Morgan fingerprint density at radius 3 is 2.48 bits per heavy atom. The number of aromatic amines is 1. The van der Waals surface area contributed by atoms with E-state index in [0.717, 1.165) is 11.3 Å². The monoisotopic (exact) mass is 428 g/mol. The van der Waals surface area contributed by atoms with Crippen LogP contribution in [0.3, 0.4) is 0 Å². The van der Waals surface area contributed by atoms with E-state index in [-0.39, 0.29) is 29.9 Å². The Morgan fingerprint density at radius 1 is 1.28 bits per heavy atom. The highest BCUT2D eigenvalue weighted by Gasteiger charge is 2.18. The first-order valence-corrected chi connectivity index (χ1v) is 10.2. The van der Waals surface area contributed by atoms with E-state index in [0.29, 0.717) is 10.0 Å². The number of carbonyl (C=O) groups is 1. The van der Waals surface area contributed by atoms with Crippen molar-refractivity contribution in [2.45, 2.75) is 39.1 Å². The van der Waals surface area contributed by atoms with Crippen LogP contribution < -0.4 is 10.0 Å². The molecule has 3 N–H and O–H groups in total. The minimum atomic E-state index is -3.44. The van der Waals surface area contributed by atoms with Crippen LogP contribution in [0.4, 0.5) is 0 Å². The molecular formula is C16H21BrN4O3S. The van der Waals surface area contributed by atoms with E-state index in [1.807, 2.05) is 6.07 Å². The van der Waals surface area contributed by atoms with Crippen LogP contribution >= 0.6 is 15.9 Å². The molecule has 2 aromatic rings. The van der Waals surface area contributed by atoms with Crippen molar-refractivity contribution in [2.24, 2.45) is 0 Å². The first-order valence-electron chi connectivity index (χ1n) is 7.75. The smallest absolute Gasteiger partial charge is 0.273 e. The largest absolute Gasteiger partial charge is 0.347 e. The van der Waals surface area contributed by atoms with Crippen LogP contribution in [-0.4, -0.2) is 30.6 Å². The maximum Gasteiger partial charge on any atom is 0.273 e. The van der Waals surface area contributed by atoms with Crippen molar-refractivity contribution in [3.8, 4) is 0 Å². The molecule has 136 valence electrons. The number of carbonyl (C=O) groups excluding carboxylic acids is 1. The molecule has 1 aromatic heterocycles. The van der Waals surface area contributed by atoms with Gasteiger partial charge in [-0.2, -0.15) is 5.10 Å². The SMILES string of the molecule is Cc1[nH]nc(C(=O)NCc2ccccc2CS(=O)(=O)NC(C)C)c1Br. The Labute approximate surface area is 155 Å². The first-order chi connectivity index (χ1) is 11.7. The van der Waals surface area contributed by atoms with Crippen molar-refractivity contribution in [2.75, 3.05) is 0 Å². The number of benzene rings is 1. The predicted octanol–water partition coefficient (Wildman–Crippen LogP) is 2.24. The number of amides is 1. The lowest BCUT2D eigenvalue weighted by atomic mass is 10.1. The minimum absolute atomic E-state index is 0.136. The summed E-state index contributed by atoms with van der Waals surface area (Å²) in [6.45, 7) is 5.56. The molecule has 0 fully saturated rings. The summed E-state index contributed by atoms with van der Waals surface area (Å²) in [5.41, 5.74) is 2.42. The van der Waals surface area contributed by atoms with Gasteiger partial charge in [-0.25, -0.2) is 13.1 Å². The van der Waals surface area contributed by atoms with Crippen LogP contribution in [0.5, 0.6) is 0 Å². The molecule has 0 saturated carbocycles. The fourth-order valence-electron chi connectivity index (χ4n) is 2.30. The molecule has 0 radical (unpaired) electrons. The number of aromatic nitrogens is 2. The second-order valence-electron chi connectivity index (χ2n) is 5.99. The summed E-state index contributed by atoms with van der Waals surface area (Å²) in [7, 11) is -3.44. The molecule has 0 aliphatic rings. The molecule has 9 heteroatoms. The van der Waals surface area contributed by atoms with Crippen LogP contribution in [0.2, 0.25) is 0 Å². The fraction of sp³-hybridized carbons (Fsp3) is 0.375. The molecule has 0 unspecified atom stereocenters. The van der Waals surface area contributed by atoms with Crippen molar-refractivity contribution < 1.29 is 13.2 Å².